The molecule has 20 heavy (non-hydrogen) atoms. The van der Waals surface area contributed by atoms with Gasteiger partial charge in [-0.25, -0.2) is 0 Å². The Labute approximate surface area is 128 Å². The molecule has 1 N–H and O–H groups in total. The van der Waals surface area contributed by atoms with Gasteiger partial charge >= 0.3 is 0 Å². The van der Waals surface area contributed by atoms with Crippen molar-refractivity contribution in [3.8, 4) is 0 Å². The van der Waals surface area contributed by atoms with Crippen molar-refractivity contribution >= 4 is 15.9 Å². The summed E-state index contributed by atoms with van der Waals surface area (Å²) < 4.78 is 8.60. The van der Waals surface area contributed by atoms with Gasteiger partial charge in [-0.3, -0.25) is 4.68 Å². The maximum Gasteiger partial charge on any atom is 0.103 e. The molecule has 0 aromatic carbocycles. The van der Waals surface area contributed by atoms with Crippen LogP contribution in [0.5, 0.6) is 0 Å². The number of rotatable bonds is 8. The van der Waals surface area contributed by atoms with Crippen LogP contribution in [0, 0.1) is 0 Å². The zero-order chi connectivity index (χ0) is 14.4. The van der Waals surface area contributed by atoms with Crippen molar-refractivity contribution in [3.05, 3.63) is 40.5 Å². The van der Waals surface area contributed by atoms with Crippen LogP contribution in [-0.2, 0) is 13.0 Å². The largest absolute Gasteiger partial charge is 0.469 e. The lowest BCUT2D eigenvalue weighted by atomic mass is 10.1. The second-order valence-electron chi connectivity index (χ2n) is 4.83. The minimum atomic E-state index is 0.286. The van der Waals surface area contributed by atoms with Crippen LogP contribution >= 0.6 is 15.9 Å². The van der Waals surface area contributed by atoms with Gasteiger partial charge in [-0.1, -0.05) is 13.8 Å². The first-order valence-electron chi connectivity index (χ1n) is 7.23. The van der Waals surface area contributed by atoms with E-state index < -0.39 is 0 Å². The molecule has 0 aliphatic rings. The molecule has 0 aliphatic heterocycles. The Balaban J connectivity index is 2.12. The van der Waals surface area contributed by atoms with Gasteiger partial charge in [-0.2, -0.15) is 5.10 Å². The minimum absolute atomic E-state index is 0.286. The number of aromatic nitrogens is 2. The molecule has 2 aromatic heterocycles. The number of hydrogen-bond donors (Lipinski definition) is 1. The van der Waals surface area contributed by atoms with Crippen LogP contribution in [0.1, 0.15) is 44.2 Å². The van der Waals surface area contributed by atoms with Crippen molar-refractivity contribution in [3.63, 3.8) is 0 Å². The standard InChI is InChI=1S/C15H22BrN3O/c1-3-9-19-15(13(16)11-18-19)14(17-4-2)8-7-12-6-5-10-20-12/h5-6,10-11,14,17H,3-4,7-9H2,1-2H3. The summed E-state index contributed by atoms with van der Waals surface area (Å²) in [5, 5.41) is 8.01. The van der Waals surface area contributed by atoms with Gasteiger partial charge in [-0.05, 0) is 47.4 Å². The van der Waals surface area contributed by atoms with E-state index in [0.717, 1.165) is 42.6 Å². The van der Waals surface area contributed by atoms with E-state index in [1.54, 1.807) is 6.26 Å². The van der Waals surface area contributed by atoms with Crippen LogP contribution in [0.3, 0.4) is 0 Å². The molecule has 0 saturated heterocycles. The van der Waals surface area contributed by atoms with Crippen molar-refractivity contribution in [1.82, 2.24) is 15.1 Å². The molecule has 5 heteroatoms. The van der Waals surface area contributed by atoms with Crippen LogP contribution < -0.4 is 5.32 Å². The smallest absolute Gasteiger partial charge is 0.103 e. The first kappa shape index (κ1) is 15.3. The van der Waals surface area contributed by atoms with Gasteiger partial charge in [0.1, 0.15) is 5.76 Å². The van der Waals surface area contributed by atoms with Gasteiger partial charge in [0.25, 0.3) is 0 Å². The molecule has 2 aromatic rings. The van der Waals surface area contributed by atoms with Crippen molar-refractivity contribution in [2.75, 3.05) is 6.54 Å². The molecule has 2 heterocycles. The molecule has 110 valence electrons. The fourth-order valence-electron chi connectivity index (χ4n) is 2.43. The van der Waals surface area contributed by atoms with E-state index in [0.29, 0.717) is 0 Å². The number of furan rings is 1. The second kappa shape index (κ2) is 7.64. The quantitative estimate of drug-likeness (QED) is 0.792. The maximum absolute atomic E-state index is 5.43. The van der Waals surface area contributed by atoms with Gasteiger partial charge in [0.05, 0.1) is 28.7 Å². The highest BCUT2D eigenvalue weighted by Crippen LogP contribution is 2.27. The molecule has 0 fully saturated rings. The molecular weight excluding hydrogens is 318 g/mol. The number of halogens is 1. The summed E-state index contributed by atoms with van der Waals surface area (Å²) in [7, 11) is 0. The van der Waals surface area contributed by atoms with E-state index in [1.165, 1.54) is 5.69 Å². The Morgan fingerprint density at radius 3 is 2.95 bits per heavy atom. The molecule has 1 atom stereocenters. The molecule has 0 spiro atoms. The van der Waals surface area contributed by atoms with E-state index in [1.807, 2.05) is 18.3 Å². The maximum atomic E-state index is 5.43. The van der Waals surface area contributed by atoms with Gasteiger partial charge < -0.3 is 9.73 Å². The summed E-state index contributed by atoms with van der Waals surface area (Å²) in [6.45, 7) is 6.19. The highest BCUT2D eigenvalue weighted by molar-refractivity contribution is 9.10. The third kappa shape index (κ3) is 3.73. The molecule has 0 amide bonds. The SMILES string of the molecule is CCCn1ncc(Br)c1C(CCc1ccco1)NCC. The molecule has 0 saturated carbocycles. The molecule has 0 aliphatic carbocycles. The predicted octanol–water partition coefficient (Wildman–Crippen LogP) is 3.93. The molecule has 2 rings (SSSR count). The molecular formula is C15H22BrN3O. The topological polar surface area (TPSA) is 43.0 Å². The third-order valence-electron chi connectivity index (χ3n) is 3.31. The van der Waals surface area contributed by atoms with E-state index in [2.05, 4.69) is 44.9 Å². The lowest BCUT2D eigenvalue weighted by Gasteiger charge is -2.19. The second-order valence-corrected chi connectivity index (χ2v) is 5.68. The number of hydrogen-bond acceptors (Lipinski definition) is 3. The van der Waals surface area contributed by atoms with Gasteiger partial charge in [-0.15, -0.1) is 0 Å². The Bertz CT molecular complexity index is 507. The summed E-state index contributed by atoms with van der Waals surface area (Å²) in [5.74, 6) is 1.03. The average molecular weight is 340 g/mol. The monoisotopic (exact) mass is 339 g/mol. The molecule has 0 bridgehead atoms. The van der Waals surface area contributed by atoms with E-state index >= 15 is 0 Å². The average Bonchev–Trinajstić information content (AvgIpc) is 3.06. The summed E-state index contributed by atoms with van der Waals surface area (Å²) in [6.07, 6.45) is 6.62. The van der Waals surface area contributed by atoms with Crippen LogP contribution in [0.25, 0.3) is 0 Å². The number of aryl methyl sites for hydroxylation is 2. The molecule has 4 nitrogen and oxygen atoms in total. The van der Waals surface area contributed by atoms with Crippen LogP contribution in [0.2, 0.25) is 0 Å². The van der Waals surface area contributed by atoms with E-state index in [4.69, 9.17) is 4.42 Å². The number of nitrogens with zero attached hydrogens (tertiary/aromatic N) is 2. The third-order valence-corrected chi connectivity index (χ3v) is 3.92. The first-order valence-corrected chi connectivity index (χ1v) is 8.02. The minimum Gasteiger partial charge on any atom is -0.469 e. The predicted molar refractivity (Wildman–Crippen MR) is 83.7 cm³/mol. The van der Waals surface area contributed by atoms with Crippen LogP contribution in [-0.4, -0.2) is 16.3 Å². The van der Waals surface area contributed by atoms with Gasteiger partial charge in [0, 0.05) is 13.0 Å². The van der Waals surface area contributed by atoms with Crippen molar-refractivity contribution in [2.45, 2.75) is 45.7 Å². The molecule has 1 unspecified atom stereocenters. The summed E-state index contributed by atoms with van der Waals surface area (Å²) in [6, 6.07) is 4.25. The van der Waals surface area contributed by atoms with Crippen molar-refractivity contribution in [1.29, 1.82) is 0 Å². The fraction of sp³-hybridized carbons (Fsp3) is 0.533. The highest BCUT2D eigenvalue weighted by Gasteiger charge is 2.19. The normalized spacial score (nSPS) is 12.8. The Morgan fingerprint density at radius 1 is 1.45 bits per heavy atom. The highest BCUT2D eigenvalue weighted by atomic mass is 79.9. The van der Waals surface area contributed by atoms with Gasteiger partial charge in [0.15, 0.2) is 0 Å². The fourth-order valence-corrected chi connectivity index (χ4v) is 3.00. The molecule has 0 radical (unpaired) electrons. The Kier molecular flexibility index (Phi) is 5.86. The van der Waals surface area contributed by atoms with Crippen molar-refractivity contribution in [2.24, 2.45) is 0 Å². The number of nitrogens with one attached hydrogen (secondary N) is 1. The van der Waals surface area contributed by atoms with E-state index in [9.17, 15) is 0 Å². The van der Waals surface area contributed by atoms with Crippen LogP contribution in [0.4, 0.5) is 0 Å². The Morgan fingerprint density at radius 2 is 2.30 bits per heavy atom. The zero-order valence-electron chi connectivity index (χ0n) is 12.1. The lowest BCUT2D eigenvalue weighted by molar-refractivity contribution is 0.430. The van der Waals surface area contributed by atoms with Crippen molar-refractivity contribution < 1.29 is 4.42 Å². The first-order chi connectivity index (χ1) is 9.76. The summed E-state index contributed by atoms with van der Waals surface area (Å²) in [4.78, 5) is 0. The van der Waals surface area contributed by atoms with Crippen LogP contribution in [0.15, 0.2) is 33.5 Å². The summed E-state index contributed by atoms with van der Waals surface area (Å²) >= 11 is 3.63. The summed E-state index contributed by atoms with van der Waals surface area (Å²) in [5.41, 5.74) is 1.24. The van der Waals surface area contributed by atoms with Gasteiger partial charge in [0.2, 0.25) is 0 Å². The lowest BCUT2D eigenvalue weighted by Crippen LogP contribution is -2.25. The Hall–Kier alpha value is -1.07. The van der Waals surface area contributed by atoms with E-state index in [-0.39, 0.29) is 6.04 Å². The zero-order valence-corrected chi connectivity index (χ0v) is 13.7.